The average molecular weight is 398 g/mol. The van der Waals surface area contributed by atoms with Gasteiger partial charge in [-0.25, -0.2) is 4.39 Å². The van der Waals surface area contributed by atoms with Crippen LogP contribution in [0.1, 0.15) is 43.5 Å². The maximum absolute atomic E-state index is 14.3. The molecule has 5 nitrogen and oxygen atoms in total. The first kappa shape index (κ1) is 21.0. The lowest BCUT2D eigenvalue weighted by Crippen LogP contribution is -2.42. The number of halogens is 1. The van der Waals surface area contributed by atoms with Crippen LogP contribution in [0.3, 0.4) is 0 Å². The lowest BCUT2D eigenvalue weighted by atomic mass is 9.89. The summed E-state index contributed by atoms with van der Waals surface area (Å²) in [4.78, 5) is 31.3. The van der Waals surface area contributed by atoms with Crippen molar-refractivity contribution in [1.29, 1.82) is 0 Å². The molecule has 3 rings (SSSR count). The number of piperidine rings is 1. The zero-order valence-corrected chi connectivity index (χ0v) is 17.2. The topological polar surface area (TPSA) is 59.5 Å². The van der Waals surface area contributed by atoms with Crippen molar-refractivity contribution >= 4 is 11.7 Å². The van der Waals surface area contributed by atoms with E-state index in [-0.39, 0.29) is 23.2 Å². The maximum Gasteiger partial charge on any atom is 0.255 e. The molecule has 2 aromatic rings. The Kier molecular flexibility index (Phi) is 6.62. The molecule has 1 saturated heterocycles. The highest BCUT2D eigenvalue weighted by molar-refractivity contribution is 5.95. The first-order valence-corrected chi connectivity index (χ1v) is 10.0. The average Bonchev–Trinajstić information content (AvgIpc) is 2.72. The lowest BCUT2D eigenvalue weighted by molar-refractivity contribution is -0.124. The minimum atomic E-state index is -0.432. The number of carbonyl (C=O) groups excluding carboxylic acids is 2. The molecule has 1 aliphatic rings. The molecule has 0 saturated carbocycles. The Balaban J connectivity index is 1.75. The molecule has 0 radical (unpaired) electrons. The van der Waals surface area contributed by atoms with Gasteiger partial charge in [-0.05, 0) is 43.0 Å². The van der Waals surface area contributed by atoms with Gasteiger partial charge in [-0.15, -0.1) is 0 Å². The Morgan fingerprint density at radius 1 is 1.28 bits per heavy atom. The molecular formula is C23H27FN2O3. The number of likely N-dealkylation sites (tertiary alicyclic amines) is 1. The zero-order valence-electron chi connectivity index (χ0n) is 17.2. The number of pyridine rings is 1. The molecule has 6 heteroatoms. The second-order valence-electron chi connectivity index (χ2n) is 7.90. The van der Waals surface area contributed by atoms with Crippen molar-refractivity contribution in [3.63, 3.8) is 0 Å². The van der Waals surface area contributed by atoms with Gasteiger partial charge in [-0.1, -0.05) is 19.9 Å². The van der Waals surface area contributed by atoms with E-state index in [1.165, 1.54) is 19.4 Å². The summed E-state index contributed by atoms with van der Waals surface area (Å²) in [6.07, 6.45) is 3.66. The summed E-state index contributed by atoms with van der Waals surface area (Å²) in [6, 6.07) is 7.86. The fourth-order valence-corrected chi connectivity index (χ4v) is 3.77. The van der Waals surface area contributed by atoms with E-state index in [0.29, 0.717) is 42.4 Å². The van der Waals surface area contributed by atoms with Gasteiger partial charge in [0.25, 0.3) is 5.91 Å². The van der Waals surface area contributed by atoms with E-state index in [4.69, 9.17) is 4.74 Å². The number of ketones is 1. The summed E-state index contributed by atoms with van der Waals surface area (Å²) in [5.74, 6) is 0.271. The molecule has 1 aromatic carbocycles. The SMILES string of the molecule is COc1cccc(F)c1-c1ccc(C(=O)N2CCC[C@@H](C(=O)CC(C)C)C2)cn1. The highest BCUT2D eigenvalue weighted by Gasteiger charge is 2.29. The van der Waals surface area contributed by atoms with Gasteiger partial charge in [0.15, 0.2) is 0 Å². The summed E-state index contributed by atoms with van der Waals surface area (Å²) >= 11 is 0. The third-order valence-corrected chi connectivity index (χ3v) is 5.24. The lowest BCUT2D eigenvalue weighted by Gasteiger charge is -2.32. The molecule has 1 amide bonds. The fourth-order valence-electron chi connectivity index (χ4n) is 3.77. The quantitative estimate of drug-likeness (QED) is 0.725. The third kappa shape index (κ3) is 4.81. The van der Waals surface area contributed by atoms with Gasteiger partial charge in [-0.2, -0.15) is 0 Å². The van der Waals surface area contributed by atoms with Crippen LogP contribution in [0.2, 0.25) is 0 Å². The number of Topliss-reactive ketones (excluding diaryl/α,β-unsaturated/α-hetero) is 1. The number of benzene rings is 1. The molecule has 2 heterocycles. The zero-order chi connectivity index (χ0) is 21.0. The molecule has 1 fully saturated rings. The van der Waals surface area contributed by atoms with E-state index >= 15 is 0 Å². The summed E-state index contributed by atoms with van der Waals surface area (Å²) in [5.41, 5.74) is 1.10. The predicted molar refractivity (Wildman–Crippen MR) is 109 cm³/mol. The van der Waals surface area contributed by atoms with E-state index in [9.17, 15) is 14.0 Å². The summed E-state index contributed by atoms with van der Waals surface area (Å²) in [7, 11) is 1.48. The molecular weight excluding hydrogens is 371 g/mol. The Labute approximate surface area is 170 Å². The van der Waals surface area contributed by atoms with E-state index < -0.39 is 5.82 Å². The van der Waals surface area contributed by atoms with Gasteiger partial charge in [0.05, 0.1) is 23.9 Å². The first-order valence-electron chi connectivity index (χ1n) is 10.0. The van der Waals surface area contributed by atoms with Crippen molar-refractivity contribution in [3.05, 3.63) is 47.9 Å². The standard InChI is InChI=1S/C23H27FN2O3/c1-15(2)12-20(27)17-6-5-11-26(14-17)23(28)16-9-10-19(25-13-16)22-18(24)7-4-8-21(22)29-3/h4,7-10,13,15,17H,5-6,11-12,14H2,1-3H3/t17-/m1/s1. The third-order valence-electron chi connectivity index (χ3n) is 5.24. The van der Waals surface area contributed by atoms with Crippen LogP contribution in [0.15, 0.2) is 36.5 Å². The summed E-state index contributed by atoms with van der Waals surface area (Å²) in [5, 5.41) is 0. The van der Waals surface area contributed by atoms with E-state index in [1.807, 2.05) is 13.8 Å². The van der Waals surface area contributed by atoms with Crippen LogP contribution in [0, 0.1) is 17.7 Å². The Morgan fingerprint density at radius 3 is 2.72 bits per heavy atom. The van der Waals surface area contributed by atoms with E-state index in [2.05, 4.69) is 4.98 Å². The van der Waals surface area contributed by atoms with Crippen molar-refractivity contribution in [2.45, 2.75) is 33.1 Å². The summed E-state index contributed by atoms with van der Waals surface area (Å²) < 4.78 is 19.5. The van der Waals surface area contributed by atoms with Gasteiger partial charge >= 0.3 is 0 Å². The van der Waals surface area contributed by atoms with Crippen LogP contribution >= 0.6 is 0 Å². The van der Waals surface area contributed by atoms with Crippen molar-refractivity contribution in [1.82, 2.24) is 9.88 Å². The minimum absolute atomic E-state index is 0.0926. The van der Waals surface area contributed by atoms with Crippen molar-refractivity contribution < 1.29 is 18.7 Å². The summed E-state index contributed by atoms with van der Waals surface area (Å²) in [6.45, 7) is 5.14. The van der Waals surface area contributed by atoms with Gasteiger partial charge in [-0.3, -0.25) is 14.6 Å². The Morgan fingerprint density at radius 2 is 2.07 bits per heavy atom. The smallest absolute Gasteiger partial charge is 0.255 e. The van der Waals surface area contributed by atoms with Gasteiger partial charge in [0.1, 0.15) is 17.3 Å². The molecule has 0 unspecified atom stereocenters. The molecule has 1 atom stereocenters. The number of ether oxygens (including phenoxy) is 1. The highest BCUT2D eigenvalue weighted by Crippen LogP contribution is 2.31. The molecule has 0 N–H and O–H groups in total. The Bertz CT molecular complexity index is 880. The predicted octanol–water partition coefficient (Wildman–Crippen LogP) is 4.36. The number of hydrogen-bond donors (Lipinski definition) is 0. The minimum Gasteiger partial charge on any atom is -0.496 e. The van der Waals surface area contributed by atoms with Crippen LogP contribution in [-0.4, -0.2) is 41.8 Å². The number of methoxy groups -OCH3 is 1. The normalized spacial score (nSPS) is 16.7. The fraction of sp³-hybridized carbons (Fsp3) is 0.435. The number of carbonyl (C=O) groups is 2. The highest BCUT2D eigenvalue weighted by atomic mass is 19.1. The van der Waals surface area contributed by atoms with E-state index in [1.54, 1.807) is 29.2 Å². The molecule has 0 bridgehead atoms. The molecule has 0 spiro atoms. The number of hydrogen-bond acceptors (Lipinski definition) is 4. The van der Waals surface area contributed by atoms with Crippen LogP contribution in [0.5, 0.6) is 5.75 Å². The molecule has 0 aliphatic carbocycles. The second kappa shape index (κ2) is 9.16. The monoisotopic (exact) mass is 398 g/mol. The van der Waals surface area contributed by atoms with Gasteiger partial charge in [0, 0.05) is 31.6 Å². The first-order chi connectivity index (χ1) is 13.9. The van der Waals surface area contributed by atoms with Crippen LogP contribution < -0.4 is 4.74 Å². The number of aromatic nitrogens is 1. The van der Waals surface area contributed by atoms with Gasteiger partial charge < -0.3 is 9.64 Å². The molecule has 154 valence electrons. The van der Waals surface area contributed by atoms with Crippen LogP contribution in [0.4, 0.5) is 4.39 Å². The van der Waals surface area contributed by atoms with Crippen molar-refractivity contribution in [2.75, 3.05) is 20.2 Å². The van der Waals surface area contributed by atoms with Crippen LogP contribution in [-0.2, 0) is 4.79 Å². The largest absolute Gasteiger partial charge is 0.496 e. The maximum atomic E-state index is 14.3. The molecule has 29 heavy (non-hydrogen) atoms. The molecule has 1 aromatic heterocycles. The van der Waals surface area contributed by atoms with Crippen molar-refractivity contribution in [2.24, 2.45) is 11.8 Å². The van der Waals surface area contributed by atoms with E-state index in [0.717, 1.165) is 12.8 Å². The Hall–Kier alpha value is -2.76. The molecule has 1 aliphatic heterocycles. The van der Waals surface area contributed by atoms with Gasteiger partial charge in [0.2, 0.25) is 0 Å². The second-order valence-corrected chi connectivity index (χ2v) is 7.90. The van der Waals surface area contributed by atoms with Crippen LogP contribution in [0.25, 0.3) is 11.3 Å². The number of amides is 1. The number of nitrogens with zero attached hydrogens (tertiary/aromatic N) is 2. The number of rotatable bonds is 6. The van der Waals surface area contributed by atoms with Crippen molar-refractivity contribution in [3.8, 4) is 17.0 Å².